The monoisotopic (exact) mass is 550 g/mol. The molecule has 2 aromatic carbocycles. The molecule has 1 aliphatic rings. The molecule has 41 heavy (non-hydrogen) atoms. The minimum Gasteiger partial charge on any atom is -0.422 e. The molecule has 13 nitrogen and oxygen atoms in total. The van der Waals surface area contributed by atoms with Gasteiger partial charge in [-0.25, -0.2) is 4.98 Å². The second kappa shape index (κ2) is 10.9. The first-order valence-corrected chi connectivity index (χ1v) is 12.9. The summed E-state index contributed by atoms with van der Waals surface area (Å²) >= 11 is 0. The van der Waals surface area contributed by atoms with Gasteiger partial charge in [0.2, 0.25) is 0 Å². The number of rotatable bonds is 7. The van der Waals surface area contributed by atoms with E-state index in [0.717, 1.165) is 22.3 Å². The van der Waals surface area contributed by atoms with Crippen molar-refractivity contribution in [2.75, 3.05) is 18.8 Å². The number of nitrogens with two attached hydrogens (primary N) is 1. The van der Waals surface area contributed by atoms with Crippen LogP contribution in [-0.2, 0) is 7.05 Å². The summed E-state index contributed by atoms with van der Waals surface area (Å²) in [5, 5.41) is 20.5. The van der Waals surface area contributed by atoms with E-state index in [1.165, 1.54) is 0 Å². The fourth-order valence-electron chi connectivity index (χ4n) is 4.72. The van der Waals surface area contributed by atoms with Gasteiger partial charge in [0.25, 0.3) is 11.8 Å². The minimum atomic E-state index is -0.321. The lowest BCUT2D eigenvalue weighted by atomic mass is 10.0. The molecule has 0 radical (unpaired) electrons. The Labute approximate surface area is 234 Å². The number of nitrogens with zero attached hydrogens (tertiary/aromatic N) is 7. The molecule has 1 saturated heterocycles. The molecule has 2 amide bonds. The number of hydrogen-bond acceptors (Lipinski definition) is 9. The lowest BCUT2D eigenvalue weighted by Crippen LogP contribution is -2.38. The van der Waals surface area contributed by atoms with Crippen LogP contribution in [0.3, 0.4) is 0 Å². The zero-order chi connectivity index (χ0) is 28.3. The first-order chi connectivity index (χ1) is 19.9. The number of nitrogen functional groups attached to an aromatic ring is 1. The third kappa shape index (κ3) is 5.59. The van der Waals surface area contributed by atoms with Crippen LogP contribution in [0.1, 0.15) is 27.1 Å². The number of hydrogen-bond donors (Lipinski definition) is 3. The number of nitrogens with one attached hydrogen (secondary N) is 2. The first-order valence-electron chi connectivity index (χ1n) is 12.9. The highest BCUT2D eigenvalue weighted by Crippen LogP contribution is 2.26. The van der Waals surface area contributed by atoms with Crippen LogP contribution in [0.5, 0.6) is 11.8 Å². The van der Waals surface area contributed by atoms with Crippen molar-refractivity contribution in [1.82, 2.24) is 45.6 Å². The van der Waals surface area contributed by atoms with E-state index >= 15 is 0 Å². The number of carbonyl (C=O) groups excluding carboxylic acids is 2. The molecule has 0 spiro atoms. The number of likely N-dealkylation sites (tertiary alicyclic amines) is 1. The van der Waals surface area contributed by atoms with E-state index in [-0.39, 0.29) is 29.7 Å². The number of amides is 2. The number of H-pyrrole nitrogens is 1. The van der Waals surface area contributed by atoms with Gasteiger partial charge in [0.1, 0.15) is 11.6 Å². The normalized spacial score (nSPS) is 14.7. The number of carbonyl (C=O) groups is 2. The molecular formula is C28H26N10O3. The summed E-state index contributed by atoms with van der Waals surface area (Å²) in [4.78, 5) is 32.2. The van der Waals surface area contributed by atoms with Crippen LogP contribution in [0, 0.1) is 0 Å². The van der Waals surface area contributed by atoms with E-state index in [0.29, 0.717) is 36.4 Å². The largest absolute Gasteiger partial charge is 0.422 e. The summed E-state index contributed by atoms with van der Waals surface area (Å²) < 4.78 is 7.18. The number of tetrazole rings is 1. The average Bonchev–Trinajstić information content (AvgIpc) is 3.77. The Balaban J connectivity index is 1.06. The maximum atomic E-state index is 13.2. The van der Waals surface area contributed by atoms with Gasteiger partial charge in [0, 0.05) is 55.3 Å². The van der Waals surface area contributed by atoms with E-state index in [9.17, 15) is 9.59 Å². The maximum absolute atomic E-state index is 13.2. The van der Waals surface area contributed by atoms with Crippen molar-refractivity contribution >= 4 is 17.6 Å². The van der Waals surface area contributed by atoms with E-state index in [1.807, 2.05) is 61.8 Å². The molecule has 1 fully saturated rings. The Morgan fingerprint density at radius 3 is 2.46 bits per heavy atom. The molecule has 0 aliphatic carbocycles. The Morgan fingerprint density at radius 1 is 1.02 bits per heavy atom. The van der Waals surface area contributed by atoms with E-state index in [4.69, 9.17) is 10.5 Å². The lowest BCUT2D eigenvalue weighted by Gasteiger charge is -2.18. The van der Waals surface area contributed by atoms with Gasteiger partial charge in [-0.15, -0.1) is 0 Å². The number of ether oxygens (including phenoxy) is 1. The topological polar surface area (TPSA) is 170 Å². The van der Waals surface area contributed by atoms with Crippen LogP contribution < -0.4 is 15.8 Å². The first kappa shape index (κ1) is 25.7. The summed E-state index contributed by atoms with van der Waals surface area (Å²) in [5.41, 5.74) is 10.4. The van der Waals surface area contributed by atoms with Crippen LogP contribution in [0.15, 0.2) is 73.2 Å². The second-order valence-corrected chi connectivity index (χ2v) is 9.67. The van der Waals surface area contributed by atoms with Crippen LogP contribution in [-0.4, -0.2) is 71.2 Å². The van der Waals surface area contributed by atoms with Crippen molar-refractivity contribution in [2.45, 2.75) is 12.5 Å². The molecule has 1 atom stereocenters. The van der Waals surface area contributed by atoms with Crippen molar-refractivity contribution < 1.29 is 14.3 Å². The van der Waals surface area contributed by atoms with Crippen molar-refractivity contribution in [1.29, 1.82) is 0 Å². The predicted molar refractivity (Wildman–Crippen MR) is 149 cm³/mol. The Morgan fingerprint density at radius 2 is 1.78 bits per heavy atom. The minimum absolute atomic E-state index is 0.0862. The maximum Gasteiger partial charge on any atom is 0.361 e. The molecule has 206 valence electrons. The van der Waals surface area contributed by atoms with Crippen LogP contribution in [0.25, 0.3) is 22.3 Å². The van der Waals surface area contributed by atoms with E-state index in [2.05, 4.69) is 36.0 Å². The highest BCUT2D eigenvalue weighted by Gasteiger charge is 2.29. The van der Waals surface area contributed by atoms with Crippen molar-refractivity contribution in [3.8, 4) is 34.0 Å². The molecule has 4 N–H and O–H groups in total. The fraction of sp³-hybridized carbons (Fsp3) is 0.179. The number of pyridine rings is 1. The van der Waals surface area contributed by atoms with Crippen LogP contribution >= 0.6 is 0 Å². The summed E-state index contributed by atoms with van der Waals surface area (Å²) in [6.07, 6.45) is 5.80. The lowest BCUT2D eigenvalue weighted by molar-refractivity contribution is 0.0783. The molecule has 4 heterocycles. The number of benzene rings is 2. The highest BCUT2D eigenvalue weighted by atomic mass is 16.5. The van der Waals surface area contributed by atoms with Gasteiger partial charge in [-0.05, 0) is 53.1 Å². The average molecular weight is 551 g/mol. The van der Waals surface area contributed by atoms with Gasteiger partial charge >= 0.3 is 6.01 Å². The van der Waals surface area contributed by atoms with E-state index in [1.54, 1.807) is 28.0 Å². The van der Waals surface area contributed by atoms with Crippen LogP contribution in [0.2, 0.25) is 0 Å². The standard InChI is InChI=1S/C28H26N10O3/c1-37-15-21(14-31-37)20-12-24(25(29)30-13-20)26(39)32-22-10-11-38(16-22)27(40)19-4-2-17(3-5-19)18-6-8-23(9-7-18)41-28-33-35-36-34-28/h2-9,12-15,22H,10-11,16H2,1H3,(H2,29,30)(H,32,39)(H,33,34,35,36). The highest BCUT2D eigenvalue weighted by molar-refractivity contribution is 6.00. The molecule has 5 aromatic rings. The van der Waals surface area contributed by atoms with Gasteiger partial charge in [-0.2, -0.15) is 10.3 Å². The van der Waals surface area contributed by atoms with Crippen molar-refractivity contribution in [3.63, 3.8) is 0 Å². The molecule has 6 rings (SSSR count). The fourth-order valence-corrected chi connectivity index (χ4v) is 4.72. The molecule has 0 bridgehead atoms. The summed E-state index contributed by atoms with van der Waals surface area (Å²) in [5.74, 6) is 0.322. The van der Waals surface area contributed by atoms with Gasteiger partial charge in [-0.3, -0.25) is 14.3 Å². The second-order valence-electron chi connectivity index (χ2n) is 9.67. The number of anilines is 1. The SMILES string of the molecule is Cn1cc(-c2cnc(N)c(C(=O)NC3CCN(C(=O)c4ccc(-c5ccc(Oc6nn[nH]n6)cc5)cc4)C3)c2)cn1. The number of aromatic nitrogens is 7. The van der Waals surface area contributed by atoms with E-state index < -0.39 is 0 Å². The number of aromatic amines is 1. The Kier molecular flexibility index (Phi) is 6.81. The zero-order valence-electron chi connectivity index (χ0n) is 22.1. The predicted octanol–water partition coefficient (Wildman–Crippen LogP) is 2.68. The summed E-state index contributed by atoms with van der Waals surface area (Å²) in [6, 6.07) is 16.5. The van der Waals surface area contributed by atoms with Crippen molar-refractivity contribution in [3.05, 3.63) is 84.3 Å². The Hall–Kier alpha value is -5.59. The molecular weight excluding hydrogens is 524 g/mol. The van der Waals surface area contributed by atoms with Gasteiger partial charge in [0.15, 0.2) is 0 Å². The smallest absolute Gasteiger partial charge is 0.361 e. The third-order valence-corrected chi connectivity index (χ3v) is 6.87. The third-order valence-electron chi connectivity index (χ3n) is 6.87. The molecule has 3 aromatic heterocycles. The molecule has 1 aliphatic heterocycles. The summed E-state index contributed by atoms with van der Waals surface area (Å²) in [7, 11) is 1.82. The summed E-state index contributed by atoms with van der Waals surface area (Å²) in [6.45, 7) is 0.945. The van der Waals surface area contributed by atoms with Gasteiger partial charge in [-0.1, -0.05) is 34.5 Å². The molecule has 0 saturated carbocycles. The number of aryl methyl sites for hydroxylation is 1. The van der Waals surface area contributed by atoms with Crippen LogP contribution in [0.4, 0.5) is 5.82 Å². The van der Waals surface area contributed by atoms with Gasteiger partial charge in [0.05, 0.1) is 11.8 Å². The van der Waals surface area contributed by atoms with Crippen molar-refractivity contribution in [2.24, 2.45) is 7.05 Å². The van der Waals surface area contributed by atoms with Gasteiger partial charge < -0.3 is 20.7 Å². The molecule has 13 heteroatoms. The Bertz CT molecular complexity index is 1680. The quantitative estimate of drug-likeness (QED) is 0.276. The molecule has 1 unspecified atom stereocenters. The zero-order valence-corrected chi connectivity index (χ0v) is 22.1.